The maximum atomic E-state index is 4.25. The average molecular weight is 195 g/mol. The maximum absolute atomic E-state index is 4.25. The summed E-state index contributed by atoms with van der Waals surface area (Å²) in [4.78, 5) is 5.70. The number of allylic oxidation sites excluding steroid dienone is 4. The summed E-state index contributed by atoms with van der Waals surface area (Å²) in [5.41, 5.74) is 0. The lowest BCUT2D eigenvalue weighted by atomic mass is 10.3. The number of thioether (sulfide) groups is 1. The first kappa shape index (κ1) is 10.6. The molecule has 0 unspecified atom stereocenters. The molecule has 0 bridgehead atoms. The Hall–Kier alpha value is -0.500. The molecular weight excluding hydrogens is 178 g/mol. The Bertz CT molecular complexity index is 238. The average Bonchev–Trinajstić information content (AvgIpc) is 2.42. The van der Waals surface area contributed by atoms with E-state index in [2.05, 4.69) is 30.1 Å². The second-order valence-corrected chi connectivity index (χ2v) is 4.20. The Morgan fingerprint density at radius 3 is 3.00 bits per heavy atom. The molecule has 0 saturated carbocycles. The first-order valence-electron chi connectivity index (χ1n) is 4.84. The van der Waals surface area contributed by atoms with Crippen LogP contribution in [-0.2, 0) is 0 Å². The van der Waals surface area contributed by atoms with Crippen LogP contribution < -0.4 is 0 Å². The number of rotatable bonds is 2. The molecule has 0 aromatic heterocycles. The molecule has 0 N–H and O–H groups in total. The molecule has 0 fully saturated rings. The Morgan fingerprint density at radius 1 is 1.46 bits per heavy atom. The molecule has 0 aliphatic heterocycles. The fraction of sp³-hybridized carbons (Fsp3) is 0.545. The molecule has 0 atom stereocenters. The van der Waals surface area contributed by atoms with Crippen molar-refractivity contribution in [2.24, 2.45) is 4.99 Å². The minimum Gasteiger partial charge on any atom is -0.286 e. The van der Waals surface area contributed by atoms with Gasteiger partial charge in [-0.15, -0.1) is 0 Å². The van der Waals surface area contributed by atoms with Crippen LogP contribution in [0.25, 0.3) is 0 Å². The SMILES string of the molecule is CC/C(=N/C)SC1=CCCC=CC1. The largest absolute Gasteiger partial charge is 0.286 e. The van der Waals surface area contributed by atoms with Crippen molar-refractivity contribution in [1.82, 2.24) is 0 Å². The van der Waals surface area contributed by atoms with E-state index in [4.69, 9.17) is 0 Å². The molecule has 0 saturated heterocycles. The summed E-state index contributed by atoms with van der Waals surface area (Å²) in [6, 6.07) is 0. The lowest BCUT2D eigenvalue weighted by Crippen LogP contribution is -1.89. The van der Waals surface area contributed by atoms with E-state index in [0.717, 1.165) is 12.8 Å². The molecule has 0 radical (unpaired) electrons. The molecular formula is C11H17NS. The van der Waals surface area contributed by atoms with Gasteiger partial charge in [-0.1, -0.05) is 36.9 Å². The van der Waals surface area contributed by atoms with Gasteiger partial charge in [-0.3, -0.25) is 4.99 Å². The topological polar surface area (TPSA) is 12.4 Å². The minimum atomic E-state index is 1.04. The predicted octanol–water partition coefficient (Wildman–Crippen LogP) is 3.78. The highest BCUT2D eigenvalue weighted by Gasteiger charge is 2.02. The zero-order valence-electron chi connectivity index (χ0n) is 8.42. The third-order valence-corrected chi connectivity index (χ3v) is 3.29. The van der Waals surface area contributed by atoms with Gasteiger partial charge in [0.25, 0.3) is 0 Å². The summed E-state index contributed by atoms with van der Waals surface area (Å²) in [5.74, 6) is 0. The van der Waals surface area contributed by atoms with E-state index in [9.17, 15) is 0 Å². The van der Waals surface area contributed by atoms with Crippen LogP contribution in [0.1, 0.15) is 32.6 Å². The number of hydrogen-bond acceptors (Lipinski definition) is 2. The Morgan fingerprint density at radius 2 is 2.31 bits per heavy atom. The van der Waals surface area contributed by atoms with Gasteiger partial charge >= 0.3 is 0 Å². The second kappa shape index (κ2) is 6.03. The van der Waals surface area contributed by atoms with E-state index in [0.29, 0.717) is 0 Å². The van der Waals surface area contributed by atoms with Gasteiger partial charge in [-0.25, -0.2) is 0 Å². The van der Waals surface area contributed by atoms with Crippen molar-refractivity contribution >= 4 is 16.8 Å². The zero-order valence-corrected chi connectivity index (χ0v) is 9.23. The van der Waals surface area contributed by atoms with Crippen molar-refractivity contribution in [2.75, 3.05) is 7.05 Å². The van der Waals surface area contributed by atoms with E-state index in [1.54, 1.807) is 0 Å². The Kier molecular flexibility index (Phi) is 4.91. The maximum Gasteiger partial charge on any atom is 0.0714 e. The second-order valence-electron chi connectivity index (χ2n) is 3.00. The summed E-state index contributed by atoms with van der Waals surface area (Å²) in [6.07, 6.45) is 11.4. The summed E-state index contributed by atoms with van der Waals surface area (Å²) in [7, 11) is 1.87. The van der Waals surface area contributed by atoms with Crippen LogP contribution in [0.3, 0.4) is 0 Å². The molecule has 72 valence electrons. The van der Waals surface area contributed by atoms with Gasteiger partial charge in [0.05, 0.1) is 5.04 Å². The summed E-state index contributed by atoms with van der Waals surface area (Å²) < 4.78 is 0. The van der Waals surface area contributed by atoms with Gasteiger partial charge in [0.2, 0.25) is 0 Å². The normalized spacial score (nSPS) is 18.3. The van der Waals surface area contributed by atoms with Crippen molar-refractivity contribution in [3.05, 3.63) is 23.1 Å². The quantitative estimate of drug-likeness (QED) is 0.371. The van der Waals surface area contributed by atoms with Crippen LogP contribution in [0.5, 0.6) is 0 Å². The summed E-state index contributed by atoms with van der Waals surface area (Å²) in [5, 5.41) is 1.24. The van der Waals surface area contributed by atoms with Crippen LogP contribution in [0.2, 0.25) is 0 Å². The van der Waals surface area contributed by atoms with Crippen molar-refractivity contribution in [3.8, 4) is 0 Å². The molecule has 0 aromatic carbocycles. The van der Waals surface area contributed by atoms with Crippen LogP contribution in [-0.4, -0.2) is 12.1 Å². The van der Waals surface area contributed by atoms with Gasteiger partial charge in [0.15, 0.2) is 0 Å². The molecule has 13 heavy (non-hydrogen) atoms. The third-order valence-electron chi connectivity index (χ3n) is 1.99. The minimum absolute atomic E-state index is 1.04. The third kappa shape index (κ3) is 3.81. The molecule has 0 heterocycles. The summed E-state index contributed by atoms with van der Waals surface area (Å²) in [6.45, 7) is 2.16. The smallest absolute Gasteiger partial charge is 0.0714 e. The van der Waals surface area contributed by atoms with Gasteiger partial charge in [0, 0.05) is 7.05 Å². The zero-order chi connectivity index (χ0) is 9.52. The highest BCUT2D eigenvalue weighted by atomic mass is 32.2. The molecule has 0 spiro atoms. The van der Waals surface area contributed by atoms with Crippen LogP contribution in [0.15, 0.2) is 28.1 Å². The molecule has 1 aliphatic carbocycles. The monoisotopic (exact) mass is 195 g/mol. The van der Waals surface area contributed by atoms with Crippen molar-refractivity contribution in [2.45, 2.75) is 32.6 Å². The van der Waals surface area contributed by atoms with Gasteiger partial charge in [0.1, 0.15) is 0 Å². The lowest BCUT2D eigenvalue weighted by Gasteiger charge is -2.04. The Balaban J connectivity index is 2.51. The van der Waals surface area contributed by atoms with Gasteiger partial charge < -0.3 is 0 Å². The van der Waals surface area contributed by atoms with E-state index in [-0.39, 0.29) is 0 Å². The highest BCUT2D eigenvalue weighted by Crippen LogP contribution is 2.25. The fourth-order valence-electron chi connectivity index (χ4n) is 1.25. The standard InChI is InChI=1S/C11H17NS/c1-3-11(12-2)13-10-8-6-4-5-7-9-10/h4,6,9H,3,5,7-8H2,1-2H3/b12-11-. The highest BCUT2D eigenvalue weighted by molar-refractivity contribution is 8.17. The van der Waals surface area contributed by atoms with Crippen molar-refractivity contribution in [3.63, 3.8) is 0 Å². The van der Waals surface area contributed by atoms with E-state index < -0.39 is 0 Å². The molecule has 0 aromatic rings. The molecule has 0 amide bonds. The molecule has 1 nitrogen and oxygen atoms in total. The van der Waals surface area contributed by atoms with Crippen LogP contribution in [0, 0.1) is 0 Å². The van der Waals surface area contributed by atoms with Gasteiger partial charge in [-0.2, -0.15) is 0 Å². The first-order chi connectivity index (χ1) is 6.36. The molecule has 1 aliphatic rings. The number of aliphatic imine (C=N–C) groups is 1. The number of nitrogens with zero attached hydrogens (tertiary/aromatic N) is 1. The lowest BCUT2D eigenvalue weighted by molar-refractivity contribution is 1.06. The molecule has 1 rings (SSSR count). The van der Waals surface area contributed by atoms with E-state index in [1.807, 2.05) is 18.8 Å². The van der Waals surface area contributed by atoms with Crippen molar-refractivity contribution < 1.29 is 0 Å². The van der Waals surface area contributed by atoms with Crippen LogP contribution >= 0.6 is 11.8 Å². The predicted molar refractivity (Wildman–Crippen MR) is 62.3 cm³/mol. The summed E-state index contributed by atoms with van der Waals surface area (Å²) >= 11 is 1.84. The Labute approximate surface area is 85.0 Å². The van der Waals surface area contributed by atoms with Gasteiger partial charge in [-0.05, 0) is 30.6 Å². The van der Waals surface area contributed by atoms with E-state index in [1.165, 1.54) is 22.8 Å². The van der Waals surface area contributed by atoms with Crippen LogP contribution in [0.4, 0.5) is 0 Å². The fourth-order valence-corrected chi connectivity index (χ4v) is 2.17. The first-order valence-corrected chi connectivity index (χ1v) is 5.66. The van der Waals surface area contributed by atoms with E-state index >= 15 is 0 Å². The van der Waals surface area contributed by atoms with Crippen molar-refractivity contribution in [1.29, 1.82) is 0 Å². The number of hydrogen-bond donors (Lipinski definition) is 0. The molecule has 2 heteroatoms.